The second-order valence-electron chi connectivity index (χ2n) is 22.6. The number of benzene rings is 2. The number of pyridine rings is 2. The van der Waals surface area contributed by atoms with Gasteiger partial charge in [-0.2, -0.15) is 0 Å². The van der Waals surface area contributed by atoms with Crippen LogP contribution in [0.25, 0.3) is 23.3 Å². The zero-order chi connectivity index (χ0) is 59.9. The molecule has 452 valence electrons. The molecule has 2 saturated heterocycles. The Kier molecular flexibility index (Phi) is 20.6. The Morgan fingerprint density at radius 1 is 0.553 bits per heavy atom. The van der Waals surface area contributed by atoms with Crippen LogP contribution in [0, 0.1) is 6.92 Å². The number of carbonyl (C=O) groups is 4. The van der Waals surface area contributed by atoms with Gasteiger partial charge in [-0.1, -0.05) is 61.0 Å². The summed E-state index contributed by atoms with van der Waals surface area (Å²) in [6.45, 7) is 21.6. The molecule has 2 aromatic carbocycles. The van der Waals surface area contributed by atoms with Gasteiger partial charge in [0, 0.05) is 83.9 Å². The predicted octanol–water partition coefficient (Wildman–Crippen LogP) is 11.2. The molecule has 2 N–H and O–H groups in total. The fraction of sp³-hybridized carbons (Fsp3) is 0.438. The van der Waals surface area contributed by atoms with Crippen molar-refractivity contribution in [2.75, 3.05) is 52.4 Å². The summed E-state index contributed by atoms with van der Waals surface area (Å²) < 4.78 is 25.7. The molecule has 4 atom stereocenters. The highest BCUT2D eigenvalue weighted by molar-refractivity contribution is 6.30. The van der Waals surface area contributed by atoms with Crippen LogP contribution in [0.3, 0.4) is 0 Å². The lowest BCUT2D eigenvalue weighted by molar-refractivity contribution is 0.0506. The number of ether oxygens (including phenoxy) is 4. The normalized spacial score (nSPS) is 17.5. The smallest absolute Gasteiger partial charge is 0.410 e. The maximum Gasteiger partial charge on any atom is 0.410 e. The molecule has 21 heteroatoms. The number of aromatic nitrogens is 6. The van der Waals surface area contributed by atoms with E-state index in [1.54, 1.807) is 41.0 Å². The van der Waals surface area contributed by atoms with E-state index in [1.165, 1.54) is 0 Å². The van der Waals surface area contributed by atoms with Crippen LogP contribution in [-0.2, 0) is 33.0 Å². The Morgan fingerprint density at radius 3 is 1.34 bits per heavy atom. The van der Waals surface area contributed by atoms with Crippen molar-refractivity contribution in [3.05, 3.63) is 165 Å². The summed E-state index contributed by atoms with van der Waals surface area (Å²) in [6, 6.07) is 18.8. The van der Waals surface area contributed by atoms with Gasteiger partial charge < -0.3 is 48.5 Å². The standard InChI is InChI=1S/C32H40N6O4.C31H37ClN6O4.CH4/c1-20(2)41-31(39)35-29(27-18-33-19-36(27)6)26-17-23-8-7-11-34-28(23)30(24-10-9-22(5)16-25(24)26)37-12-14-38(15-13-37)32(40)42-21(3)4;1-19(2)41-30(39)35-28(26-17-33-18-36(26)5)25-15-21-7-6-10-34-27(21)29(23-9-8-22(32)16-24(23)25)37-11-13-38(14-12-37)31(40)42-20(3)4;/h7-11,16-21,29-30H,12-15H2,1-6H3,(H,35,39);6-10,15-20,28-29H,11-14H2,1-5H3,(H,35,39);1H4/t29-,30+;28-,29-;/m10./s1. The molecule has 20 nitrogen and oxygen atoms in total. The Bertz CT molecular complexity index is 3170. The lowest BCUT2D eigenvalue weighted by atomic mass is 9.88. The molecule has 4 aromatic heterocycles. The van der Waals surface area contributed by atoms with Crippen molar-refractivity contribution in [2.45, 2.75) is 118 Å². The molecule has 2 fully saturated rings. The molecule has 2 aliphatic carbocycles. The Balaban J connectivity index is 0.000000219. The summed E-state index contributed by atoms with van der Waals surface area (Å²) in [5.41, 5.74) is 12.2. The second kappa shape index (κ2) is 27.8. The number of piperazine rings is 2. The number of fused-ring (bicyclic) bond motifs is 4. The minimum atomic E-state index is -0.588. The molecule has 0 unspecified atom stereocenters. The molecule has 2 aliphatic heterocycles. The van der Waals surface area contributed by atoms with Crippen LogP contribution < -0.4 is 10.6 Å². The number of aryl methyl sites for hydroxylation is 3. The van der Waals surface area contributed by atoms with E-state index < -0.39 is 24.3 Å². The Morgan fingerprint density at radius 2 is 0.953 bits per heavy atom. The van der Waals surface area contributed by atoms with Crippen molar-refractivity contribution < 1.29 is 38.1 Å². The third-order valence-corrected chi connectivity index (χ3v) is 15.2. The van der Waals surface area contributed by atoms with Gasteiger partial charge in [0.2, 0.25) is 0 Å². The van der Waals surface area contributed by atoms with Gasteiger partial charge >= 0.3 is 24.4 Å². The lowest BCUT2D eigenvalue weighted by Crippen LogP contribution is -2.50. The lowest BCUT2D eigenvalue weighted by Gasteiger charge is -2.39. The molecule has 4 aliphatic rings. The SMILES string of the molecule is C.CC(C)OC(=O)N[C@@H](C1=Cc2cccnc2[C@@H](N2CCN(C(=O)OC(C)C)CC2)c2ccc(Cl)cc21)c1cncn1C.Cc1ccc2c(c1)C([C@@H](NC(=O)OC(C)C)c1cncn1C)=Cc1cccnc1[C@H]2N1CCN(C(=O)OC(C)C)CC1. The van der Waals surface area contributed by atoms with E-state index in [1.807, 2.05) is 121 Å². The van der Waals surface area contributed by atoms with Crippen LogP contribution in [0.5, 0.6) is 0 Å². The molecule has 85 heavy (non-hydrogen) atoms. The van der Waals surface area contributed by atoms with Gasteiger partial charge in [0.05, 0.1) is 96.4 Å². The van der Waals surface area contributed by atoms with Crippen LogP contribution >= 0.6 is 11.6 Å². The third kappa shape index (κ3) is 14.7. The maximum atomic E-state index is 13.0. The van der Waals surface area contributed by atoms with E-state index in [0.29, 0.717) is 57.4 Å². The molecule has 6 aromatic rings. The van der Waals surface area contributed by atoms with Gasteiger partial charge in [-0.15, -0.1) is 0 Å². The minimum Gasteiger partial charge on any atom is -0.447 e. The number of nitrogens with one attached hydrogen (secondary N) is 2. The van der Waals surface area contributed by atoms with Gasteiger partial charge in [0.25, 0.3) is 0 Å². The number of halogens is 1. The molecular formula is C64H81ClN12O8. The summed E-state index contributed by atoms with van der Waals surface area (Å²) in [6.07, 6.45) is 12.3. The van der Waals surface area contributed by atoms with Crippen LogP contribution in [0.15, 0.2) is 98.1 Å². The van der Waals surface area contributed by atoms with Crippen LogP contribution in [0.4, 0.5) is 19.2 Å². The number of nitrogens with zero attached hydrogens (tertiary/aromatic N) is 10. The highest BCUT2D eigenvalue weighted by Gasteiger charge is 2.39. The fourth-order valence-corrected chi connectivity index (χ4v) is 11.4. The van der Waals surface area contributed by atoms with Gasteiger partial charge in [-0.05, 0) is 143 Å². The van der Waals surface area contributed by atoms with E-state index in [-0.39, 0.29) is 56.1 Å². The Labute approximate surface area is 504 Å². The fourth-order valence-electron chi connectivity index (χ4n) is 11.3. The molecule has 0 radical (unpaired) electrons. The summed E-state index contributed by atoms with van der Waals surface area (Å²) in [7, 11) is 3.81. The quantitative estimate of drug-likeness (QED) is 0.110. The zero-order valence-corrected chi connectivity index (χ0v) is 50.5. The minimum absolute atomic E-state index is 0. The molecule has 6 heterocycles. The van der Waals surface area contributed by atoms with Gasteiger partial charge in [0.1, 0.15) is 0 Å². The van der Waals surface area contributed by atoms with E-state index in [4.69, 9.17) is 40.5 Å². The topological polar surface area (TPSA) is 204 Å². The van der Waals surface area contributed by atoms with Crippen LogP contribution in [-0.4, -0.2) is 150 Å². The first-order chi connectivity index (χ1) is 40.2. The summed E-state index contributed by atoms with van der Waals surface area (Å²) in [5.74, 6) is 0. The van der Waals surface area contributed by atoms with E-state index in [2.05, 4.69) is 73.7 Å². The first kappa shape index (κ1) is 63.0. The molecule has 0 saturated carbocycles. The molecular weight excluding hydrogens is 1100 g/mol. The second-order valence-corrected chi connectivity index (χ2v) is 23.1. The number of hydrogen-bond acceptors (Lipinski definition) is 14. The van der Waals surface area contributed by atoms with Crippen molar-refractivity contribution in [3.63, 3.8) is 0 Å². The number of imidazole rings is 2. The average molecular weight is 1180 g/mol. The Hall–Kier alpha value is -8.07. The van der Waals surface area contributed by atoms with Crippen LogP contribution in [0.2, 0.25) is 5.02 Å². The summed E-state index contributed by atoms with van der Waals surface area (Å²) >= 11 is 6.63. The average Bonchev–Trinajstić information content (AvgIpc) is 1.79. The number of hydrogen-bond donors (Lipinski definition) is 2. The van der Waals surface area contributed by atoms with E-state index in [0.717, 1.165) is 72.9 Å². The largest absolute Gasteiger partial charge is 0.447 e. The molecule has 0 spiro atoms. The van der Waals surface area contributed by atoms with Crippen LogP contribution in [0.1, 0.15) is 149 Å². The maximum absolute atomic E-state index is 13.0. The number of alkyl carbamates (subject to hydrolysis) is 2. The van der Waals surface area contributed by atoms with Crippen molar-refractivity contribution in [1.29, 1.82) is 0 Å². The molecule has 10 rings (SSSR count). The van der Waals surface area contributed by atoms with Gasteiger partial charge in [0.15, 0.2) is 0 Å². The number of amides is 4. The van der Waals surface area contributed by atoms with Crippen molar-refractivity contribution in [1.82, 2.24) is 59.3 Å². The zero-order valence-electron chi connectivity index (χ0n) is 49.8. The van der Waals surface area contributed by atoms with Crippen molar-refractivity contribution in [3.8, 4) is 0 Å². The molecule has 0 bridgehead atoms. The van der Waals surface area contributed by atoms with Gasteiger partial charge in [-0.3, -0.25) is 19.8 Å². The van der Waals surface area contributed by atoms with Crippen molar-refractivity contribution in [2.24, 2.45) is 14.1 Å². The predicted molar refractivity (Wildman–Crippen MR) is 328 cm³/mol. The van der Waals surface area contributed by atoms with E-state index >= 15 is 0 Å². The first-order valence-corrected chi connectivity index (χ1v) is 29.1. The monoisotopic (exact) mass is 1180 g/mol. The number of carbonyl (C=O) groups excluding carboxylic acids is 4. The number of rotatable bonds is 12. The van der Waals surface area contributed by atoms with Gasteiger partial charge in [-0.25, -0.2) is 29.1 Å². The summed E-state index contributed by atoms with van der Waals surface area (Å²) in [5, 5.41) is 6.78. The molecule has 4 amide bonds. The first-order valence-electron chi connectivity index (χ1n) is 28.7. The highest BCUT2D eigenvalue weighted by Crippen LogP contribution is 2.46. The summed E-state index contributed by atoms with van der Waals surface area (Å²) in [4.78, 5) is 78.0. The third-order valence-electron chi connectivity index (χ3n) is 15.0. The highest BCUT2D eigenvalue weighted by atomic mass is 35.5. The van der Waals surface area contributed by atoms with E-state index in [9.17, 15) is 19.2 Å². The van der Waals surface area contributed by atoms with Crippen molar-refractivity contribution >= 4 is 59.3 Å².